The third kappa shape index (κ3) is 2.63. The van der Waals surface area contributed by atoms with Crippen molar-refractivity contribution < 1.29 is 9.53 Å². The van der Waals surface area contributed by atoms with E-state index in [4.69, 9.17) is 4.74 Å². The van der Waals surface area contributed by atoms with Gasteiger partial charge in [-0.3, -0.25) is 9.48 Å². The van der Waals surface area contributed by atoms with Crippen LogP contribution in [-0.4, -0.2) is 22.3 Å². The van der Waals surface area contributed by atoms with E-state index in [1.165, 1.54) is 11.3 Å². The fraction of sp³-hybridized carbons (Fsp3) is 0.385. The quantitative estimate of drug-likeness (QED) is 0.936. The molecule has 2 aromatic heterocycles. The van der Waals surface area contributed by atoms with E-state index in [1.807, 2.05) is 39.3 Å². The van der Waals surface area contributed by atoms with Crippen molar-refractivity contribution in [3.8, 4) is 5.75 Å². The number of hydrogen-bond donors (Lipinski definition) is 1. The number of ether oxygens (including phenoxy) is 1. The Kier molecular flexibility index (Phi) is 3.90. The molecular formula is C13H17N3O2S. The van der Waals surface area contributed by atoms with E-state index in [0.717, 1.165) is 17.1 Å². The van der Waals surface area contributed by atoms with Gasteiger partial charge in [-0.15, -0.1) is 11.3 Å². The van der Waals surface area contributed by atoms with Gasteiger partial charge in [0.1, 0.15) is 10.6 Å². The molecule has 1 amide bonds. The van der Waals surface area contributed by atoms with Gasteiger partial charge in [0.05, 0.1) is 23.7 Å². The molecule has 0 radical (unpaired) electrons. The number of thiophene rings is 1. The first-order valence-electron chi connectivity index (χ1n) is 6.06. The third-order valence-electron chi connectivity index (χ3n) is 2.88. The Hall–Kier alpha value is -1.82. The van der Waals surface area contributed by atoms with Crippen LogP contribution in [0, 0.1) is 13.8 Å². The lowest BCUT2D eigenvalue weighted by Gasteiger charge is -2.07. The number of aryl methyl sites for hydroxylation is 2. The van der Waals surface area contributed by atoms with Crippen LogP contribution in [0.15, 0.2) is 11.4 Å². The van der Waals surface area contributed by atoms with Crippen LogP contribution in [0.5, 0.6) is 5.75 Å². The molecule has 0 saturated heterocycles. The fourth-order valence-corrected chi connectivity index (χ4v) is 2.59. The van der Waals surface area contributed by atoms with Crippen LogP contribution < -0.4 is 10.1 Å². The summed E-state index contributed by atoms with van der Waals surface area (Å²) in [6.45, 7) is 6.24. The number of anilines is 1. The lowest BCUT2D eigenvalue weighted by molar-refractivity contribution is 0.102. The van der Waals surface area contributed by atoms with Crippen LogP contribution >= 0.6 is 11.3 Å². The average molecular weight is 279 g/mol. The zero-order valence-corrected chi connectivity index (χ0v) is 12.3. The highest BCUT2D eigenvalue weighted by atomic mass is 32.1. The molecule has 2 aromatic rings. The molecule has 2 heterocycles. The molecule has 102 valence electrons. The normalized spacial score (nSPS) is 10.5. The van der Waals surface area contributed by atoms with Crippen LogP contribution in [-0.2, 0) is 7.05 Å². The first kappa shape index (κ1) is 13.6. The molecule has 5 nitrogen and oxygen atoms in total. The standard InChI is InChI=1S/C13H17N3O2S/c1-5-18-10-6-7-19-12(10)13(17)14-11-8(2)15-16(4)9(11)3/h6-7H,5H2,1-4H3,(H,14,17). The molecule has 0 fully saturated rings. The maximum absolute atomic E-state index is 12.3. The first-order valence-corrected chi connectivity index (χ1v) is 6.94. The minimum Gasteiger partial charge on any atom is -0.492 e. The molecular weight excluding hydrogens is 262 g/mol. The fourth-order valence-electron chi connectivity index (χ4n) is 1.86. The van der Waals surface area contributed by atoms with Gasteiger partial charge in [0.2, 0.25) is 0 Å². The molecule has 1 N–H and O–H groups in total. The summed E-state index contributed by atoms with van der Waals surface area (Å²) in [4.78, 5) is 12.9. The molecule has 2 rings (SSSR count). The van der Waals surface area contributed by atoms with Crippen LogP contribution in [0.2, 0.25) is 0 Å². The maximum atomic E-state index is 12.3. The van der Waals surface area contributed by atoms with Gasteiger partial charge in [0.15, 0.2) is 0 Å². The molecule has 0 spiro atoms. The van der Waals surface area contributed by atoms with Gasteiger partial charge in [0.25, 0.3) is 5.91 Å². The van der Waals surface area contributed by atoms with E-state index >= 15 is 0 Å². The van der Waals surface area contributed by atoms with Crippen molar-refractivity contribution in [2.45, 2.75) is 20.8 Å². The maximum Gasteiger partial charge on any atom is 0.269 e. The highest BCUT2D eigenvalue weighted by Gasteiger charge is 2.18. The predicted molar refractivity (Wildman–Crippen MR) is 76.1 cm³/mol. The molecule has 0 aliphatic heterocycles. The van der Waals surface area contributed by atoms with Crippen LogP contribution in [0.25, 0.3) is 0 Å². The summed E-state index contributed by atoms with van der Waals surface area (Å²) in [5.41, 5.74) is 2.51. The summed E-state index contributed by atoms with van der Waals surface area (Å²) >= 11 is 1.37. The van der Waals surface area contributed by atoms with E-state index in [9.17, 15) is 4.79 Å². The number of amides is 1. The smallest absolute Gasteiger partial charge is 0.269 e. The lowest BCUT2D eigenvalue weighted by Crippen LogP contribution is -2.13. The van der Waals surface area contributed by atoms with E-state index in [0.29, 0.717) is 17.2 Å². The molecule has 0 aromatic carbocycles. The number of rotatable bonds is 4. The van der Waals surface area contributed by atoms with Gasteiger partial charge < -0.3 is 10.1 Å². The monoisotopic (exact) mass is 279 g/mol. The predicted octanol–water partition coefficient (Wildman–Crippen LogP) is 2.75. The highest BCUT2D eigenvalue weighted by Crippen LogP contribution is 2.27. The lowest BCUT2D eigenvalue weighted by atomic mass is 10.3. The van der Waals surface area contributed by atoms with Crippen molar-refractivity contribution in [3.63, 3.8) is 0 Å². The molecule has 19 heavy (non-hydrogen) atoms. The number of carbonyl (C=O) groups is 1. The van der Waals surface area contributed by atoms with Crippen molar-refractivity contribution in [1.29, 1.82) is 0 Å². The summed E-state index contributed by atoms with van der Waals surface area (Å²) < 4.78 is 7.18. The molecule has 0 atom stereocenters. The molecule has 0 unspecified atom stereocenters. The van der Waals surface area contributed by atoms with Crippen LogP contribution in [0.4, 0.5) is 5.69 Å². The molecule has 0 aliphatic carbocycles. The van der Waals surface area contributed by atoms with E-state index in [1.54, 1.807) is 4.68 Å². The van der Waals surface area contributed by atoms with Gasteiger partial charge in [-0.1, -0.05) is 0 Å². The van der Waals surface area contributed by atoms with Crippen LogP contribution in [0.3, 0.4) is 0 Å². The highest BCUT2D eigenvalue weighted by molar-refractivity contribution is 7.12. The zero-order valence-electron chi connectivity index (χ0n) is 11.5. The number of carbonyl (C=O) groups excluding carboxylic acids is 1. The van der Waals surface area contributed by atoms with E-state index in [-0.39, 0.29) is 5.91 Å². The Bertz CT molecular complexity index is 601. The van der Waals surface area contributed by atoms with Crippen molar-refractivity contribution in [3.05, 3.63) is 27.7 Å². The number of nitrogens with one attached hydrogen (secondary N) is 1. The third-order valence-corrected chi connectivity index (χ3v) is 3.78. The van der Waals surface area contributed by atoms with Crippen molar-refractivity contribution >= 4 is 22.9 Å². The topological polar surface area (TPSA) is 56.1 Å². The second-order valence-corrected chi connectivity index (χ2v) is 5.09. The Morgan fingerprint density at radius 2 is 2.26 bits per heavy atom. The summed E-state index contributed by atoms with van der Waals surface area (Å²) in [7, 11) is 1.86. The number of nitrogens with zero attached hydrogens (tertiary/aromatic N) is 2. The Morgan fingerprint density at radius 3 is 2.84 bits per heavy atom. The van der Waals surface area contributed by atoms with Crippen molar-refractivity contribution in [1.82, 2.24) is 9.78 Å². The molecule has 0 bridgehead atoms. The van der Waals surface area contributed by atoms with Gasteiger partial charge in [0, 0.05) is 7.05 Å². The summed E-state index contributed by atoms with van der Waals surface area (Å²) in [6.07, 6.45) is 0. The average Bonchev–Trinajstić information content (AvgIpc) is 2.91. The molecule has 0 aliphatic rings. The number of aromatic nitrogens is 2. The minimum absolute atomic E-state index is 0.155. The Morgan fingerprint density at radius 1 is 1.53 bits per heavy atom. The largest absolute Gasteiger partial charge is 0.492 e. The summed E-state index contributed by atoms with van der Waals surface area (Å²) in [6, 6.07) is 1.81. The van der Waals surface area contributed by atoms with E-state index in [2.05, 4.69) is 10.4 Å². The van der Waals surface area contributed by atoms with Crippen molar-refractivity contribution in [2.24, 2.45) is 7.05 Å². The first-order chi connectivity index (χ1) is 9.04. The second-order valence-electron chi connectivity index (χ2n) is 4.17. The zero-order chi connectivity index (χ0) is 14.0. The van der Waals surface area contributed by atoms with Gasteiger partial charge >= 0.3 is 0 Å². The van der Waals surface area contributed by atoms with E-state index < -0.39 is 0 Å². The Balaban J connectivity index is 2.23. The SMILES string of the molecule is CCOc1ccsc1C(=O)Nc1c(C)nn(C)c1C. The van der Waals surface area contributed by atoms with Gasteiger partial charge in [-0.25, -0.2) is 0 Å². The van der Waals surface area contributed by atoms with Gasteiger partial charge in [-0.05, 0) is 32.2 Å². The molecule has 6 heteroatoms. The second kappa shape index (κ2) is 5.44. The number of hydrogen-bond acceptors (Lipinski definition) is 4. The molecule has 0 saturated carbocycles. The van der Waals surface area contributed by atoms with Gasteiger partial charge in [-0.2, -0.15) is 5.10 Å². The Labute approximate surface area is 116 Å². The van der Waals surface area contributed by atoms with Crippen LogP contribution in [0.1, 0.15) is 28.0 Å². The minimum atomic E-state index is -0.155. The van der Waals surface area contributed by atoms with Crippen molar-refractivity contribution in [2.75, 3.05) is 11.9 Å². The summed E-state index contributed by atoms with van der Waals surface area (Å²) in [5.74, 6) is 0.474. The summed E-state index contributed by atoms with van der Waals surface area (Å²) in [5, 5.41) is 9.04.